The Morgan fingerprint density at radius 2 is 2.44 bits per heavy atom. The number of esters is 1. The van der Waals surface area contributed by atoms with E-state index >= 15 is 0 Å². The van der Waals surface area contributed by atoms with Crippen molar-refractivity contribution in [1.82, 2.24) is 9.88 Å². The molecule has 4 heteroatoms. The van der Waals surface area contributed by atoms with Crippen molar-refractivity contribution < 1.29 is 9.53 Å². The van der Waals surface area contributed by atoms with Gasteiger partial charge in [-0.2, -0.15) is 0 Å². The summed E-state index contributed by atoms with van der Waals surface area (Å²) >= 11 is 0. The molecule has 0 atom stereocenters. The number of hydrogen-bond acceptors (Lipinski definition) is 4. The predicted molar refractivity (Wildman–Crippen MR) is 71.2 cm³/mol. The summed E-state index contributed by atoms with van der Waals surface area (Å²) in [4.78, 5) is 17.5. The van der Waals surface area contributed by atoms with Crippen LogP contribution in [0.2, 0.25) is 0 Å². The maximum absolute atomic E-state index is 11.4. The number of carbonyl (C=O) groups excluding carboxylic acids is 1. The number of carbonyl (C=O) groups is 1. The number of rotatable bonds is 8. The topological polar surface area (TPSA) is 42.4 Å². The second-order valence-corrected chi connectivity index (χ2v) is 3.94. The zero-order valence-electron chi connectivity index (χ0n) is 10.8. The lowest BCUT2D eigenvalue weighted by Gasteiger charge is -2.19. The molecular weight excluding hydrogens is 228 g/mol. The SMILES string of the molecule is C=CCN(CCc1cccnc1)CC(=O)OCC. The van der Waals surface area contributed by atoms with Crippen molar-refractivity contribution in [2.24, 2.45) is 0 Å². The molecule has 0 aliphatic carbocycles. The van der Waals surface area contributed by atoms with E-state index in [0.29, 0.717) is 19.7 Å². The highest BCUT2D eigenvalue weighted by atomic mass is 16.5. The summed E-state index contributed by atoms with van der Waals surface area (Å²) in [5.74, 6) is -0.189. The average Bonchev–Trinajstić information content (AvgIpc) is 2.38. The van der Waals surface area contributed by atoms with Gasteiger partial charge in [0.25, 0.3) is 0 Å². The van der Waals surface area contributed by atoms with Crippen LogP contribution in [0.15, 0.2) is 37.2 Å². The van der Waals surface area contributed by atoms with Crippen LogP contribution in [0.5, 0.6) is 0 Å². The highest BCUT2D eigenvalue weighted by molar-refractivity contribution is 5.71. The monoisotopic (exact) mass is 248 g/mol. The third-order valence-electron chi connectivity index (χ3n) is 2.48. The van der Waals surface area contributed by atoms with Gasteiger partial charge in [-0.15, -0.1) is 6.58 Å². The number of pyridine rings is 1. The van der Waals surface area contributed by atoms with Gasteiger partial charge in [-0.25, -0.2) is 0 Å². The van der Waals surface area contributed by atoms with Crippen molar-refractivity contribution in [3.8, 4) is 0 Å². The van der Waals surface area contributed by atoms with Gasteiger partial charge in [0.2, 0.25) is 0 Å². The van der Waals surface area contributed by atoms with E-state index in [9.17, 15) is 4.79 Å². The van der Waals surface area contributed by atoms with Gasteiger partial charge in [0.15, 0.2) is 0 Å². The molecule has 0 aliphatic heterocycles. The number of hydrogen-bond donors (Lipinski definition) is 0. The van der Waals surface area contributed by atoms with E-state index < -0.39 is 0 Å². The maximum Gasteiger partial charge on any atom is 0.320 e. The second-order valence-electron chi connectivity index (χ2n) is 3.94. The lowest BCUT2D eigenvalue weighted by atomic mass is 10.2. The molecule has 0 saturated heterocycles. The van der Waals surface area contributed by atoms with Crippen molar-refractivity contribution in [2.45, 2.75) is 13.3 Å². The van der Waals surface area contributed by atoms with Gasteiger partial charge < -0.3 is 4.74 Å². The molecule has 0 bridgehead atoms. The van der Waals surface area contributed by atoms with Crippen molar-refractivity contribution in [1.29, 1.82) is 0 Å². The summed E-state index contributed by atoms with van der Waals surface area (Å²) in [6.45, 7) is 7.71. The molecule has 1 heterocycles. The lowest BCUT2D eigenvalue weighted by molar-refractivity contribution is -0.144. The molecule has 98 valence electrons. The Labute approximate surface area is 108 Å². The fourth-order valence-electron chi connectivity index (χ4n) is 1.64. The molecule has 0 fully saturated rings. The summed E-state index contributed by atoms with van der Waals surface area (Å²) < 4.78 is 4.94. The summed E-state index contributed by atoms with van der Waals surface area (Å²) in [7, 11) is 0. The van der Waals surface area contributed by atoms with Crippen LogP contribution in [0.4, 0.5) is 0 Å². The van der Waals surface area contributed by atoms with Crippen LogP contribution in [0, 0.1) is 0 Å². The highest BCUT2D eigenvalue weighted by Gasteiger charge is 2.10. The van der Waals surface area contributed by atoms with E-state index in [1.165, 1.54) is 0 Å². The molecule has 1 rings (SSSR count). The van der Waals surface area contributed by atoms with Gasteiger partial charge in [0.05, 0.1) is 13.2 Å². The first-order chi connectivity index (χ1) is 8.76. The van der Waals surface area contributed by atoms with Crippen molar-refractivity contribution >= 4 is 5.97 Å². The fraction of sp³-hybridized carbons (Fsp3) is 0.429. The standard InChI is InChI=1S/C14H20N2O2/c1-3-9-16(12-14(17)18-4-2)10-7-13-6-5-8-15-11-13/h3,5-6,8,11H,1,4,7,9-10,12H2,2H3. The quantitative estimate of drug-likeness (QED) is 0.518. The zero-order chi connectivity index (χ0) is 13.2. The molecule has 0 aliphatic rings. The molecule has 0 spiro atoms. The van der Waals surface area contributed by atoms with Crippen LogP contribution in [0.1, 0.15) is 12.5 Å². The molecular formula is C14H20N2O2. The first-order valence-electron chi connectivity index (χ1n) is 6.14. The first-order valence-corrected chi connectivity index (χ1v) is 6.14. The fourth-order valence-corrected chi connectivity index (χ4v) is 1.64. The molecule has 4 nitrogen and oxygen atoms in total. The Balaban J connectivity index is 2.42. The van der Waals surface area contributed by atoms with Crippen molar-refractivity contribution in [3.05, 3.63) is 42.7 Å². The van der Waals surface area contributed by atoms with Crippen LogP contribution in [0.3, 0.4) is 0 Å². The van der Waals surface area contributed by atoms with Crippen LogP contribution in [-0.4, -0.2) is 42.1 Å². The van der Waals surface area contributed by atoms with E-state index in [0.717, 1.165) is 18.5 Å². The maximum atomic E-state index is 11.4. The third kappa shape index (κ3) is 5.59. The summed E-state index contributed by atoms with van der Waals surface area (Å²) in [6.07, 6.45) is 6.25. The van der Waals surface area contributed by atoms with Crippen LogP contribution >= 0.6 is 0 Å². The largest absolute Gasteiger partial charge is 0.465 e. The Morgan fingerprint density at radius 3 is 3.06 bits per heavy atom. The van der Waals surface area contributed by atoms with Gasteiger partial charge in [0.1, 0.15) is 0 Å². The number of ether oxygens (including phenoxy) is 1. The minimum Gasteiger partial charge on any atom is -0.465 e. The molecule has 18 heavy (non-hydrogen) atoms. The second kappa shape index (κ2) is 8.42. The van der Waals surface area contributed by atoms with Gasteiger partial charge in [-0.3, -0.25) is 14.7 Å². The summed E-state index contributed by atoms with van der Waals surface area (Å²) in [5, 5.41) is 0. The third-order valence-corrected chi connectivity index (χ3v) is 2.48. The van der Waals surface area contributed by atoms with Gasteiger partial charge in [-0.1, -0.05) is 12.1 Å². The Morgan fingerprint density at radius 1 is 1.61 bits per heavy atom. The van der Waals surface area contributed by atoms with E-state index in [1.807, 2.05) is 30.2 Å². The van der Waals surface area contributed by atoms with Crippen molar-refractivity contribution in [3.63, 3.8) is 0 Å². The number of nitrogens with zero attached hydrogens (tertiary/aromatic N) is 2. The molecule has 0 aromatic carbocycles. The molecule has 0 unspecified atom stereocenters. The molecule has 1 aromatic rings. The van der Waals surface area contributed by atoms with Gasteiger partial charge in [-0.05, 0) is 25.0 Å². The Kier molecular flexibility index (Phi) is 6.72. The number of aromatic nitrogens is 1. The molecule has 0 N–H and O–H groups in total. The van der Waals surface area contributed by atoms with Crippen LogP contribution in [-0.2, 0) is 16.0 Å². The van der Waals surface area contributed by atoms with E-state index in [1.54, 1.807) is 12.3 Å². The van der Waals surface area contributed by atoms with E-state index in [2.05, 4.69) is 11.6 Å². The van der Waals surface area contributed by atoms with E-state index in [4.69, 9.17) is 4.74 Å². The molecule has 0 saturated carbocycles. The minimum atomic E-state index is -0.189. The highest BCUT2D eigenvalue weighted by Crippen LogP contribution is 2.00. The predicted octanol–water partition coefficient (Wildman–Crippen LogP) is 1.68. The first kappa shape index (κ1) is 14.4. The van der Waals surface area contributed by atoms with Gasteiger partial charge in [0, 0.05) is 25.5 Å². The van der Waals surface area contributed by atoms with E-state index in [-0.39, 0.29) is 5.97 Å². The van der Waals surface area contributed by atoms with Crippen molar-refractivity contribution in [2.75, 3.05) is 26.2 Å². The van der Waals surface area contributed by atoms with Crippen LogP contribution in [0.25, 0.3) is 0 Å². The van der Waals surface area contributed by atoms with Gasteiger partial charge >= 0.3 is 5.97 Å². The summed E-state index contributed by atoms with van der Waals surface area (Å²) in [5.41, 5.74) is 1.16. The Bertz CT molecular complexity index is 365. The van der Waals surface area contributed by atoms with Crippen LogP contribution < -0.4 is 0 Å². The zero-order valence-corrected chi connectivity index (χ0v) is 10.8. The minimum absolute atomic E-state index is 0.189. The molecule has 0 amide bonds. The smallest absolute Gasteiger partial charge is 0.320 e. The summed E-state index contributed by atoms with van der Waals surface area (Å²) in [6, 6.07) is 3.95. The average molecular weight is 248 g/mol. The lowest BCUT2D eigenvalue weighted by Crippen LogP contribution is -2.33. The Hall–Kier alpha value is -1.68. The molecule has 1 aromatic heterocycles. The normalized spacial score (nSPS) is 10.3. The molecule has 0 radical (unpaired) electrons.